The van der Waals surface area contributed by atoms with Gasteiger partial charge in [-0.05, 0) is 0 Å². The normalized spacial score (nSPS) is 34.6. The van der Waals surface area contributed by atoms with Gasteiger partial charge in [0.15, 0.2) is 0 Å². The lowest BCUT2D eigenvalue weighted by atomic mass is 10.0. The first-order chi connectivity index (χ1) is 8.96. The Morgan fingerprint density at radius 3 is 2.63 bits per heavy atom. The summed E-state index contributed by atoms with van der Waals surface area (Å²) in [6.45, 7) is -1.42. The molecule has 2 heterocycles. The molecule has 10 nitrogen and oxygen atoms in total. The van der Waals surface area contributed by atoms with Crippen molar-refractivity contribution in [2.24, 2.45) is 0 Å². The van der Waals surface area contributed by atoms with Crippen LogP contribution in [0.2, 0.25) is 0 Å². The number of aliphatic hydroxyl groups excluding tert-OH is 4. The van der Waals surface area contributed by atoms with Gasteiger partial charge in [0.05, 0.1) is 13.2 Å². The number of aromatic nitrogens is 3. The summed E-state index contributed by atoms with van der Waals surface area (Å²) in [5.41, 5.74) is 2.36. The van der Waals surface area contributed by atoms with E-state index in [4.69, 9.17) is 15.6 Å². The fraction of sp³-hybridized carbons (Fsp3) is 0.667. The molecule has 1 aliphatic heterocycles. The summed E-state index contributed by atoms with van der Waals surface area (Å²) in [5, 5.41) is 38.1. The Labute approximate surface area is 106 Å². The smallest absolute Gasteiger partial charge is 0.354 e. The molecular formula is C9H14N4O6. The molecule has 0 unspecified atom stereocenters. The first-order valence-corrected chi connectivity index (χ1v) is 5.43. The Bertz CT molecular complexity index is 522. The van der Waals surface area contributed by atoms with E-state index < -0.39 is 42.9 Å². The van der Waals surface area contributed by atoms with Crippen molar-refractivity contribution in [3.05, 3.63) is 16.8 Å². The number of hydrogen-bond donors (Lipinski definition) is 5. The van der Waals surface area contributed by atoms with Crippen LogP contribution in [0.5, 0.6) is 0 Å². The van der Waals surface area contributed by atoms with Crippen LogP contribution in [0.15, 0.2) is 11.1 Å². The van der Waals surface area contributed by atoms with E-state index in [1.807, 2.05) is 0 Å². The van der Waals surface area contributed by atoms with Crippen LogP contribution in [0.1, 0.15) is 0 Å². The maximum absolute atomic E-state index is 11.7. The van der Waals surface area contributed by atoms with E-state index in [9.17, 15) is 20.1 Å². The fourth-order valence-electron chi connectivity index (χ4n) is 2.03. The topological polar surface area (TPSA) is 164 Å². The van der Waals surface area contributed by atoms with Gasteiger partial charge < -0.3 is 30.9 Å². The van der Waals surface area contributed by atoms with Crippen LogP contribution in [0.4, 0.5) is 5.95 Å². The summed E-state index contributed by atoms with van der Waals surface area (Å²) >= 11 is 0. The molecule has 0 amide bonds. The quantitative estimate of drug-likeness (QED) is 0.369. The van der Waals surface area contributed by atoms with E-state index in [1.165, 1.54) is 0 Å². The summed E-state index contributed by atoms with van der Waals surface area (Å²) in [6, 6.07) is 0. The second kappa shape index (κ2) is 4.83. The van der Waals surface area contributed by atoms with Crippen molar-refractivity contribution < 1.29 is 25.2 Å². The first kappa shape index (κ1) is 13.8. The van der Waals surface area contributed by atoms with E-state index >= 15 is 0 Å². The molecule has 10 heteroatoms. The molecule has 0 radical (unpaired) electrons. The van der Waals surface area contributed by atoms with E-state index in [2.05, 4.69) is 9.97 Å². The molecule has 0 bridgehead atoms. The van der Waals surface area contributed by atoms with Gasteiger partial charge in [0.2, 0.25) is 11.7 Å². The van der Waals surface area contributed by atoms with Gasteiger partial charge in [-0.2, -0.15) is 4.98 Å². The van der Waals surface area contributed by atoms with Gasteiger partial charge in [-0.3, -0.25) is 0 Å². The summed E-state index contributed by atoms with van der Waals surface area (Å²) in [5.74, 6) is -0.277. The van der Waals surface area contributed by atoms with Gasteiger partial charge in [-0.15, -0.1) is 0 Å². The maximum Gasteiger partial charge on any atom is 0.354 e. The number of anilines is 1. The molecule has 0 aromatic carbocycles. The molecule has 2 rings (SSSR count). The van der Waals surface area contributed by atoms with Crippen LogP contribution in [-0.2, 0) is 10.5 Å². The van der Waals surface area contributed by atoms with Crippen LogP contribution < -0.4 is 11.4 Å². The Balaban J connectivity index is 2.52. The standard InChI is InChI=1S/C9H14N4O6/c10-7-11-3-13(8(18)12-7)9(2-15)6(17)5(16)4(1-14)19-9/h3-6,14-17H,1-2H2,(H2,10,12,18)/t4-,5-,6-,9-/m1/s1. The predicted octanol–water partition coefficient (Wildman–Crippen LogP) is -4.02. The average molecular weight is 274 g/mol. The number of aliphatic hydroxyl groups is 4. The first-order valence-electron chi connectivity index (χ1n) is 5.43. The van der Waals surface area contributed by atoms with Crippen molar-refractivity contribution in [3.63, 3.8) is 0 Å². The zero-order valence-corrected chi connectivity index (χ0v) is 9.75. The van der Waals surface area contributed by atoms with Crippen molar-refractivity contribution >= 4 is 5.95 Å². The third-order valence-corrected chi connectivity index (χ3v) is 3.06. The summed E-state index contributed by atoms with van der Waals surface area (Å²) < 4.78 is 5.95. The summed E-state index contributed by atoms with van der Waals surface area (Å²) in [4.78, 5) is 18.6. The Hall–Kier alpha value is -1.59. The van der Waals surface area contributed by atoms with Crippen LogP contribution in [0.25, 0.3) is 0 Å². The molecule has 1 aromatic heterocycles. The van der Waals surface area contributed by atoms with Gasteiger partial charge in [-0.1, -0.05) is 0 Å². The lowest BCUT2D eigenvalue weighted by Gasteiger charge is -2.31. The van der Waals surface area contributed by atoms with E-state index in [0.717, 1.165) is 10.9 Å². The molecule has 1 saturated heterocycles. The lowest BCUT2D eigenvalue weighted by Crippen LogP contribution is -2.53. The SMILES string of the molecule is Nc1ncn([C@]2(CO)O[C@H](CO)[C@@H](O)[C@H]2O)c(=O)n1. The third-order valence-electron chi connectivity index (χ3n) is 3.06. The Kier molecular flexibility index (Phi) is 3.52. The van der Waals surface area contributed by atoms with Crippen molar-refractivity contribution in [1.82, 2.24) is 14.5 Å². The van der Waals surface area contributed by atoms with Gasteiger partial charge in [0.1, 0.15) is 24.6 Å². The molecule has 0 spiro atoms. The number of nitrogens with zero attached hydrogens (tertiary/aromatic N) is 3. The van der Waals surface area contributed by atoms with Gasteiger partial charge in [-0.25, -0.2) is 14.3 Å². The van der Waals surface area contributed by atoms with Crippen molar-refractivity contribution in [2.75, 3.05) is 18.9 Å². The molecular weight excluding hydrogens is 260 g/mol. The average Bonchev–Trinajstić information content (AvgIpc) is 2.64. The third kappa shape index (κ3) is 1.99. The largest absolute Gasteiger partial charge is 0.394 e. The Morgan fingerprint density at radius 1 is 1.47 bits per heavy atom. The highest BCUT2D eigenvalue weighted by molar-refractivity contribution is 5.11. The second-order valence-corrected chi connectivity index (χ2v) is 4.14. The molecule has 1 fully saturated rings. The zero-order chi connectivity index (χ0) is 14.2. The second-order valence-electron chi connectivity index (χ2n) is 4.14. The number of nitrogen functional groups attached to an aromatic ring is 1. The molecule has 19 heavy (non-hydrogen) atoms. The predicted molar refractivity (Wildman–Crippen MR) is 59.7 cm³/mol. The number of hydrogen-bond acceptors (Lipinski definition) is 9. The van der Waals surface area contributed by atoms with Gasteiger partial charge in [0.25, 0.3) is 0 Å². The van der Waals surface area contributed by atoms with Crippen LogP contribution in [0, 0.1) is 0 Å². The van der Waals surface area contributed by atoms with Gasteiger partial charge >= 0.3 is 5.69 Å². The van der Waals surface area contributed by atoms with Crippen molar-refractivity contribution in [3.8, 4) is 0 Å². The minimum absolute atomic E-state index is 0.277. The molecule has 1 aliphatic rings. The number of rotatable bonds is 3. The zero-order valence-electron chi connectivity index (χ0n) is 9.75. The molecule has 4 atom stereocenters. The minimum Gasteiger partial charge on any atom is -0.394 e. The highest BCUT2D eigenvalue weighted by Gasteiger charge is 2.55. The monoisotopic (exact) mass is 274 g/mol. The molecule has 106 valence electrons. The number of nitrogens with two attached hydrogens (primary N) is 1. The van der Waals surface area contributed by atoms with E-state index in [1.54, 1.807) is 0 Å². The Morgan fingerprint density at radius 2 is 2.16 bits per heavy atom. The van der Waals surface area contributed by atoms with E-state index in [-0.39, 0.29) is 5.95 Å². The highest BCUT2D eigenvalue weighted by Crippen LogP contribution is 2.34. The van der Waals surface area contributed by atoms with Gasteiger partial charge in [0, 0.05) is 0 Å². The lowest BCUT2D eigenvalue weighted by molar-refractivity contribution is -0.174. The highest BCUT2D eigenvalue weighted by atomic mass is 16.6. The molecule has 6 N–H and O–H groups in total. The molecule has 0 saturated carbocycles. The summed E-state index contributed by atoms with van der Waals surface area (Å²) in [7, 11) is 0. The van der Waals surface area contributed by atoms with Crippen LogP contribution >= 0.6 is 0 Å². The minimum atomic E-state index is -1.96. The van der Waals surface area contributed by atoms with Crippen LogP contribution in [0.3, 0.4) is 0 Å². The molecule has 1 aromatic rings. The number of ether oxygens (including phenoxy) is 1. The summed E-state index contributed by atoms with van der Waals surface area (Å²) in [6.07, 6.45) is -3.32. The fourth-order valence-corrected chi connectivity index (χ4v) is 2.03. The molecule has 0 aliphatic carbocycles. The van der Waals surface area contributed by atoms with Crippen LogP contribution in [-0.4, -0.2) is 66.5 Å². The maximum atomic E-state index is 11.7. The van der Waals surface area contributed by atoms with Crippen molar-refractivity contribution in [1.29, 1.82) is 0 Å². The van der Waals surface area contributed by atoms with Crippen molar-refractivity contribution in [2.45, 2.75) is 24.0 Å². The van der Waals surface area contributed by atoms with E-state index in [0.29, 0.717) is 0 Å².